The lowest BCUT2D eigenvalue weighted by molar-refractivity contribution is 0.0587. The Bertz CT molecular complexity index is 1090. The number of nitrogens with two attached hydrogens (primary N) is 1. The zero-order valence-corrected chi connectivity index (χ0v) is 20.0. The Morgan fingerprint density at radius 1 is 0.829 bits per heavy atom. The molecule has 2 aromatic heterocycles. The van der Waals surface area contributed by atoms with Crippen molar-refractivity contribution in [2.45, 2.75) is 0 Å². The van der Waals surface area contributed by atoms with Crippen LogP contribution in [0.1, 0.15) is 21.0 Å². The van der Waals surface area contributed by atoms with E-state index >= 15 is 0 Å². The third kappa shape index (κ3) is 6.60. The van der Waals surface area contributed by atoms with Gasteiger partial charge in [0, 0.05) is 26.2 Å². The Labute approximate surface area is 208 Å². The van der Waals surface area contributed by atoms with Gasteiger partial charge in [-0.2, -0.15) is 9.97 Å². The first-order valence-corrected chi connectivity index (χ1v) is 11.0. The molecule has 0 aromatic carbocycles. The van der Waals surface area contributed by atoms with Gasteiger partial charge in [0.2, 0.25) is 10.6 Å². The summed E-state index contributed by atoms with van der Waals surface area (Å²) in [7, 11) is 1.15. The van der Waals surface area contributed by atoms with Crippen LogP contribution in [0.4, 0.5) is 20.4 Å². The van der Waals surface area contributed by atoms with E-state index in [1.54, 1.807) is 9.80 Å². The molecule has 35 heavy (non-hydrogen) atoms. The van der Waals surface area contributed by atoms with E-state index in [0.29, 0.717) is 52.6 Å². The number of aromatic nitrogens is 4. The van der Waals surface area contributed by atoms with E-state index in [2.05, 4.69) is 24.7 Å². The molecule has 12 nitrogen and oxygen atoms in total. The van der Waals surface area contributed by atoms with E-state index < -0.39 is 34.9 Å². The molecule has 2 aliphatic rings. The smallest absolute Gasteiger partial charge is 0.360 e. The molecule has 0 radical (unpaired) electrons. The number of carbonyl (C=O) groups excluding carboxylic acids is 2. The van der Waals surface area contributed by atoms with Crippen molar-refractivity contribution in [1.82, 2.24) is 19.9 Å². The highest BCUT2D eigenvalue weighted by molar-refractivity contribution is 6.28. The summed E-state index contributed by atoms with van der Waals surface area (Å²) in [5, 5.41) is -0.403. The molecule has 0 spiro atoms. The van der Waals surface area contributed by atoms with Crippen molar-refractivity contribution in [1.29, 1.82) is 0 Å². The fraction of sp³-hybridized carbons (Fsp3) is 0.474. The monoisotopic (exact) mass is 535 g/mol. The molecule has 0 atom stereocenters. The van der Waals surface area contributed by atoms with Crippen molar-refractivity contribution < 1.29 is 32.6 Å². The SMILES string of the molecule is COC(=O)c1nc(Cl)nc(N2CCOCC2)c1F.NC(=O)c1nc(Cl)nc(N2CCOCC2)c1F. The molecule has 2 N–H and O–H groups in total. The summed E-state index contributed by atoms with van der Waals surface area (Å²) in [6.07, 6.45) is 0. The van der Waals surface area contributed by atoms with Crippen LogP contribution >= 0.6 is 23.2 Å². The molecular formula is C19H21Cl2F2N7O5. The number of amides is 1. The van der Waals surface area contributed by atoms with Crippen LogP contribution in [0.3, 0.4) is 0 Å². The number of nitrogens with zero attached hydrogens (tertiary/aromatic N) is 6. The van der Waals surface area contributed by atoms with Crippen LogP contribution in [0.2, 0.25) is 10.6 Å². The largest absolute Gasteiger partial charge is 0.464 e. The Kier molecular flexibility index (Phi) is 9.26. The number of methoxy groups -OCH3 is 1. The van der Waals surface area contributed by atoms with E-state index in [-0.39, 0.29) is 22.2 Å². The number of morpholine rings is 2. The molecule has 190 valence electrons. The van der Waals surface area contributed by atoms with E-state index in [9.17, 15) is 18.4 Å². The predicted octanol–water partition coefficient (Wildman–Crippen LogP) is 1.10. The number of primary amides is 1. The summed E-state index contributed by atoms with van der Waals surface area (Å²) in [5.74, 6) is -3.54. The zero-order valence-electron chi connectivity index (χ0n) is 18.5. The summed E-state index contributed by atoms with van der Waals surface area (Å²) in [6.45, 7) is 3.77. The molecule has 2 aliphatic heterocycles. The first-order valence-electron chi connectivity index (χ1n) is 10.2. The van der Waals surface area contributed by atoms with Gasteiger partial charge < -0.3 is 29.7 Å². The number of hydrogen-bond donors (Lipinski definition) is 1. The van der Waals surface area contributed by atoms with Crippen molar-refractivity contribution in [3.05, 3.63) is 33.6 Å². The Morgan fingerprint density at radius 2 is 1.23 bits per heavy atom. The van der Waals surface area contributed by atoms with E-state index in [1.807, 2.05) is 0 Å². The average molecular weight is 536 g/mol. The highest BCUT2D eigenvalue weighted by Gasteiger charge is 2.25. The standard InChI is InChI=1S/C10H11ClFN3O3.C9H10ClFN4O2/c1-17-9(16)7-6(12)8(14-10(11)13-7)15-2-4-18-5-3-15;10-9-13-6(7(12)16)5(11)8(14-9)15-1-3-17-4-2-15/h2-5H2,1H3;1-4H2,(H2,12,16). The third-order valence-corrected chi connectivity index (χ3v) is 5.18. The number of anilines is 2. The third-order valence-electron chi connectivity index (χ3n) is 4.85. The molecule has 2 saturated heterocycles. The maximum absolute atomic E-state index is 14.1. The highest BCUT2D eigenvalue weighted by Crippen LogP contribution is 2.23. The molecule has 2 fully saturated rings. The maximum Gasteiger partial charge on any atom is 0.360 e. The first-order chi connectivity index (χ1) is 16.7. The van der Waals surface area contributed by atoms with Crippen LogP contribution < -0.4 is 15.5 Å². The van der Waals surface area contributed by atoms with Crippen LogP contribution in [0.25, 0.3) is 0 Å². The van der Waals surface area contributed by atoms with Gasteiger partial charge in [-0.25, -0.2) is 23.5 Å². The molecule has 0 bridgehead atoms. The number of halogens is 4. The van der Waals surface area contributed by atoms with Gasteiger partial charge in [0.05, 0.1) is 33.5 Å². The topological polar surface area (TPSA) is 146 Å². The second-order valence-corrected chi connectivity index (χ2v) is 7.69. The van der Waals surface area contributed by atoms with Crippen LogP contribution in [0.5, 0.6) is 0 Å². The fourth-order valence-corrected chi connectivity index (χ4v) is 3.51. The van der Waals surface area contributed by atoms with Crippen molar-refractivity contribution in [3.8, 4) is 0 Å². The lowest BCUT2D eigenvalue weighted by Crippen LogP contribution is -2.38. The molecule has 16 heteroatoms. The van der Waals surface area contributed by atoms with Crippen LogP contribution in [-0.4, -0.2) is 91.5 Å². The Hall–Kier alpha value is -2.94. The highest BCUT2D eigenvalue weighted by atomic mass is 35.5. The molecule has 0 unspecified atom stereocenters. The van der Waals surface area contributed by atoms with E-state index in [0.717, 1.165) is 7.11 Å². The van der Waals surface area contributed by atoms with Crippen LogP contribution in [-0.2, 0) is 14.2 Å². The quantitative estimate of drug-likeness (QED) is 0.443. The molecule has 2 aromatic rings. The van der Waals surface area contributed by atoms with E-state index in [1.165, 1.54) is 0 Å². The molecule has 1 amide bonds. The molecule has 4 heterocycles. The second kappa shape index (κ2) is 12.2. The Balaban J connectivity index is 0.000000196. The normalized spacial score (nSPS) is 15.8. The number of hydrogen-bond acceptors (Lipinski definition) is 11. The fourth-order valence-electron chi connectivity index (χ4n) is 3.18. The molecular weight excluding hydrogens is 515 g/mol. The van der Waals surface area contributed by atoms with Crippen molar-refractivity contribution in [3.63, 3.8) is 0 Å². The molecule has 0 saturated carbocycles. The lowest BCUT2D eigenvalue weighted by Gasteiger charge is -2.28. The van der Waals surface area contributed by atoms with Gasteiger partial charge in [-0.05, 0) is 23.2 Å². The average Bonchev–Trinajstić information content (AvgIpc) is 2.87. The Morgan fingerprint density at radius 3 is 1.63 bits per heavy atom. The summed E-state index contributed by atoms with van der Waals surface area (Å²) in [6, 6.07) is 0. The number of ether oxygens (including phenoxy) is 3. The van der Waals surface area contributed by atoms with Gasteiger partial charge >= 0.3 is 5.97 Å². The zero-order chi connectivity index (χ0) is 25.5. The van der Waals surface area contributed by atoms with Gasteiger partial charge in [-0.15, -0.1) is 0 Å². The second-order valence-electron chi connectivity index (χ2n) is 7.01. The van der Waals surface area contributed by atoms with Crippen molar-refractivity contribution in [2.75, 3.05) is 69.5 Å². The minimum Gasteiger partial charge on any atom is -0.464 e. The van der Waals surface area contributed by atoms with Gasteiger partial charge in [-0.1, -0.05) is 0 Å². The van der Waals surface area contributed by atoms with Crippen LogP contribution in [0, 0.1) is 11.6 Å². The van der Waals surface area contributed by atoms with Crippen molar-refractivity contribution in [2.24, 2.45) is 5.73 Å². The van der Waals surface area contributed by atoms with Gasteiger partial charge in [0.25, 0.3) is 5.91 Å². The number of carbonyl (C=O) groups is 2. The summed E-state index contributed by atoms with van der Waals surface area (Å²) in [5.41, 5.74) is 4.06. The van der Waals surface area contributed by atoms with Crippen LogP contribution in [0.15, 0.2) is 0 Å². The number of esters is 1. The molecule has 4 rings (SSSR count). The predicted molar refractivity (Wildman–Crippen MR) is 120 cm³/mol. The lowest BCUT2D eigenvalue weighted by atomic mass is 10.3. The van der Waals surface area contributed by atoms with Gasteiger partial charge in [-0.3, -0.25) is 4.79 Å². The van der Waals surface area contributed by atoms with Gasteiger partial charge in [0.15, 0.2) is 34.7 Å². The first kappa shape index (κ1) is 26.7. The number of rotatable bonds is 4. The van der Waals surface area contributed by atoms with E-state index in [4.69, 9.17) is 38.4 Å². The summed E-state index contributed by atoms with van der Waals surface area (Å²) < 4.78 is 42.8. The summed E-state index contributed by atoms with van der Waals surface area (Å²) >= 11 is 11.3. The van der Waals surface area contributed by atoms with Crippen molar-refractivity contribution >= 4 is 46.7 Å². The maximum atomic E-state index is 14.1. The summed E-state index contributed by atoms with van der Waals surface area (Å²) in [4.78, 5) is 40.3. The minimum atomic E-state index is -0.971. The van der Waals surface area contributed by atoms with Gasteiger partial charge in [0.1, 0.15) is 0 Å². The minimum absolute atomic E-state index is 0.00120. The molecule has 0 aliphatic carbocycles.